The zero-order valence-electron chi connectivity index (χ0n) is 14.4. The number of carbonyl (C=O) groups is 1. The molecule has 1 N–H and O–H groups in total. The highest BCUT2D eigenvalue weighted by atomic mass is 32.2. The van der Waals surface area contributed by atoms with Gasteiger partial charge in [-0.05, 0) is 42.3 Å². The number of amides is 1. The first-order valence-electron chi connectivity index (χ1n) is 7.83. The van der Waals surface area contributed by atoms with Crippen LogP contribution in [0.2, 0.25) is 0 Å². The Morgan fingerprint density at radius 3 is 2.44 bits per heavy atom. The number of hydrogen-bond acceptors (Lipinski definition) is 3. The topological polar surface area (TPSA) is 66.5 Å². The third-order valence-electron chi connectivity index (χ3n) is 3.64. The van der Waals surface area contributed by atoms with E-state index in [9.17, 15) is 13.2 Å². The minimum Gasteiger partial charge on any atom is -0.349 e. The monoisotopic (exact) mass is 358 g/mol. The van der Waals surface area contributed by atoms with Gasteiger partial charge in [0.1, 0.15) is 0 Å². The van der Waals surface area contributed by atoms with Crippen LogP contribution in [0.4, 0.5) is 5.69 Å². The first kappa shape index (κ1) is 18.7. The van der Waals surface area contributed by atoms with Crippen molar-refractivity contribution in [3.63, 3.8) is 0 Å². The molecule has 0 aromatic heterocycles. The minimum absolute atomic E-state index is 0.190. The summed E-state index contributed by atoms with van der Waals surface area (Å²) in [4.78, 5) is 11.9. The van der Waals surface area contributed by atoms with Crippen LogP contribution in [-0.2, 0) is 16.6 Å². The number of sulfonamides is 1. The fourth-order valence-corrected chi connectivity index (χ4v) is 3.26. The molecular formula is C19H22N2O3S. The molecule has 0 unspecified atom stereocenters. The fraction of sp³-hybridized carbons (Fsp3) is 0.211. The lowest BCUT2D eigenvalue weighted by Crippen LogP contribution is -2.29. The number of nitrogens with one attached hydrogen (secondary N) is 1. The van der Waals surface area contributed by atoms with E-state index in [4.69, 9.17) is 0 Å². The Hall–Kier alpha value is -2.60. The lowest BCUT2D eigenvalue weighted by molar-refractivity contribution is 0.0958. The van der Waals surface area contributed by atoms with E-state index in [0.29, 0.717) is 17.8 Å². The Kier molecular flexibility index (Phi) is 5.98. The van der Waals surface area contributed by atoms with Crippen LogP contribution in [0.15, 0.2) is 61.2 Å². The maximum atomic E-state index is 12.2. The van der Waals surface area contributed by atoms with Crippen LogP contribution in [0, 0.1) is 6.92 Å². The Bertz CT molecular complexity index is 858. The largest absolute Gasteiger partial charge is 0.349 e. The van der Waals surface area contributed by atoms with Gasteiger partial charge in [-0.3, -0.25) is 9.10 Å². The zero-order valence-corrected chi connectivity index (χ0v) is 15.2. The van der Waals surface area contributed by atoms with Crippen LogP contribution >= 0.6 is 0 Å². The molecule has 132 valence electrons. The fourth-order valence-electron chi connectivity index (χ4n) is 2.38. The predicted octanol–water partition coefficient (Wildman–Crippen LogP) is 2.88. The summed E-state index contributed by atoms with van der Waals surface area (Å²) in [5.41, 5.74) is 2.93. The first-order chi connectivity index (χ1) is 11.8. The molecule has 5 nitrogen and oxygen atoms in total. The normalized spacial score (nSPS) is 11.0. The van der Waals surface area contributed by atoms with Crippen LogP contribution in [0.5, 0.6) is 0 Å². The molecule has 0 radical (unpaired) electrons. The molecule has 0 saturated carbocycles. The summed E-state index contributed by atoms with van der Waals surface area (Å²) in [6.45, 7) is 6.07. The van der Waals surface area contributed by atoms with E-state index in [0.717, 1.165) is 11.1 Å². The number of anilines is 1. The van der Waals surface area contributed by atoms with Crippen LogP contribution in [0.1, 0.15) is 21.5 Å². The first-order valence-corrected chi connectivity index (χ1v) is 9.68. The second kappa shape index (κ2) is 7.98. The minimum atomic E-state index is -3.43. The summed E-state index contributed by atoms with van der Waals surface area (Å²) in [6, 6.07) is 14.2. The molecule has 0 atom stereocenters. The average molecular weight is 358 g/mol. The van der Waals surface area contributed by atoms with Crippen molar-refractivity contribution >= 4 is 21.6 Å². The number of carbonyl (C=O) groups excluding carboxylic acids is 1. The van der Waals surface area contributed by atoms with Crippen LogP contribution < -0.4 is 9.62 Å². The number of rotatable bonds is 7. The Balaban J connectivity index is 2.22. The summed E-state index contributed by atoms with van der Waals surface area (Å²) < 4.78 is 25.7. The summed E-state index contributed by atoms with van der Waals surface area (Å²) in [5.74, 6) is -0.190. The van der Waals surface area contributed by atoms with Crippen LogP contribution in [0.3, 0.4) is 0 Å². The van der Waals surface area contributed by atoms with E-state index in [-0.39, 0.29) is 12.5 Å². The molecular weight excluding hydrogens is 336 g/mol. The lowest BCUT2D eigenvalue weighted by atomic mass is 10.1. The lowest BCUT2D eigenvalue weighted by Gasteiger charge is -2.23. The third-order valence-corrected chi connectivity index (χ3v) is 4.78. The standard InChI is InChI=1S/C19H22N2O3S/c1-4-12-20-19(22)17-10-8-16(9-11-17)14-21(25(3,23)24)18-7-5-6-15(2)13-18/h4-11,13H,1,12,14H2,2-3H3,(H,20,22). The average Bonchev–Trinajstić information content (AvgIpc) is 2.57. The highest BCUT2D eigenvalue weighted by Crippen LogP contribution is 2.21. The van der Waals surface area contributed by atoms with E-state index in [2.05, 4.69) is 11.9 Å². The second-order valence-electron chi connectivity index (χ2n) is 5.80. The van der Waals surface area contributed by atoms with Gasteiger partial charge in [0.25, 0.3) is 5.91 Å². The van der Waals surface area contributed by atoms with Crippen molar-refractivity contribution in [3.05, 3.63) is 77.9 Å². The van der Waals surface area contributed by atoms with Gasteiger partial charge < -0.3 is 5.32 Å². The number of hydrogen-bond donors (Lipinski definition) is 1. The van der Waals surface area contributed by atoms with Crippen molar-refractivity contribution in [2.45, 2.75) is 13.5 Å². The maximum Gasteiger partial charge on any atom is 0.251 e. The summed E-state index contributed by atoms with van der Waals surface area (Å²) in [6.07, 6.45) is 2.80. The molecule has 0 heterocycles. The van der Waals surface area contributed by atoms with E-state index in [1.165, 1.54) is 10.6 Å². The van der Waals surface area contributed by atoms with Crippen molar-refractivity contribution in [3.8, 4) is 0 Å². The van der Waals surface area contributed by atoms with Gasteiger partial charge in [0, 0.05) is 12.1 Å². The highest BCUT2D eigenvalue weighted by Gasteiger charge is 2.18. The molecule has 2 aromatic rings. The number of aryl methyl sites for hydroxylation is 1. The molecule has 1 amide bonds. The van der Waals surface area contributed by atoms with E-state index in [1.54, 1.807) is 36.4 Å². The molecule has 0 aliphatic carbocycles. The van der Waals surface area contributed by atoms with Crippen molar-refractivity contribution in [2.24, 2.45) is 0 Å². The second-order valence-corrected chi connectivity index (χ2v) is 7.71. The van der Waals surface area contributed by atoms with E-state index in [1.807, 2.05) is 25.1 Å². The number of nitrogens with zero attached hydrogens (tertiary/aromatic N) is 1. The summed E-state index contributed by atoms with van der Waals surface area (Å²) in [7, 11) is -3.43. The molecule has 6 heteroatoms. The molecule has 0 saturated heterocycles. The molecule has 0 fully saturated rings. The van der Waals surface area contributed by atoms with Crippen LogP contribution in [-0.4, -0.2) is 27.1 Å². The predicted molar refractivity (Wildman–Crippen MR) is 101 cm³/mol. The molecule has 0 aliphatic rings. The zero-order chi connectivity index (χ0) is 18.4. The third kappa shape index (κ3) is 5.19. The van der Waals surface area contributed by atoms with Gasteiger partial charge in [-0.1, -0.05) is 30.3 Å². The Morgan fingerprint density at radius 1 is 1.20 bits per heavy atom. The quantitative estimate of drug-likeness (QED) is 0.774. The molecule has 0 spiro atoms. The van der Waals surface area contributed by atoms with Gasteiger partial charge in [-0.25, -0.2) is 8.42 Å². The molecule has 2 rings (SSSR count). The van der Waals surface area contributed by atoms with Crippen molar-refractivity contribution < 1.29 is 13.2 Å². The van der Waals surface area contributed by atoms with Gasteiger partial charge in [-0.15, -0.1) is 6.58 Å². The van der Waals surface area contributed by atoms with Crippen LogP contribution in [0.25, 0.3) is 0 Å². The highest BCUT2D eigenvalue weighted by molar-refractivity contribution is 7.92. The number of benzene rings is 2. The Labute approximate surface area is 149 Å². The molecule has 25 heavy (non-hydrogen) atoms. The molecule has 0 bridgehead atoms. The van der Waals surface area contributed by atoms with Crippen molar-refractivity contribution in [1.29, 1.82) is 0 Å². The smallest absolute Gasteiger partial charge is 0.251 e. The molecule has 2 aromatic carbocycles. The van der Waals surface area contributed by atoms with Gasteiger partial charge in [0.2, 0.25) is 10.0 Å². The van der Waals surface area contributed by atoms with Gasteiger partial charge >= 0.3 is 0 Å². The summed E-state index contributed by atoms with van der Waals surface area (Å²) in [5, 5.41) is 2.70. The van der Waals surface area contributed by atoms with Gasteiger partial charge in [0.05, 0.1) is 18.5 Å². The van der Waals surface area contributed by atoms with Gasteiger partial charge in [0.15, 0.2) is 0 Å². The SMILES string of the molecule is C=CCNC(=O)c1ccc(CN(c2cccc(C)c2)S(C)(=O)=O)cc1. The maximum absolute atomic E-state index is 12.2. The molecule has 0 aliphatic heterocycles. The van der Waals surface area contributed by atoms with Crippen molar-refractivity contribution in [2.75, 3.05) is 17.1 Å². The summed E-state index contributed by atoms with van der Waals surface area (Å²) >= 11 is 0. The van der Waals surface area contributed by atoms with E-state index >= 15 is 0 Å². The van der Waals surface area contributed by atoms with E-state index < -0.39 is 10.0 Å². The van der Waals surface area contributed by atoms with Gasteiger partial charge in [-0.2, -0.15) is 0 Å². The Morgan fingerprint density at radius 2 is 1.88 bits per heavy atom. The van der Waals surface area contributed by atoms with Crippen molar-refractivity contribution in [1.82, 2.24) is 5.32 Å².